The molecule has 140 valence electrons. The van der Waals surface area contributed by atoms with Gasteiger partial charge in [0, 0.05) is 30.9 Å². The molecule has 6 heteroatoms. The van der Waals surface area contributed by atoms with Crippen LogP contribution in [0.1, 0.15) is 43.5 Å². The summed E-state index contributed by atoms with van der Waals surface area (Å²) >= 11 is 0. The Morgan fingerprint density at radius 3 is 2.81 bits per heavy atom. The number of nitrogens with zero attached hydrogens (tertiary/aromatic N) is 5. The molecule has 2 aromatic heterocycles. The van der Waals surface area contributed by atoms with Crippen molar-refractivity contribution in [2.24, 2.45) is 5.92 Å². The molecule has 1 aromatic carbocycles. The number of aromatic nitrogens is 4. The fraction of sp³-hybridized carbons (Fsp3) is 0.476. The third-order valence-corrected chi connectivity index (χ3v) is 6.37. The summed E-state index contributed by atoms with van der Waals surface area (Å²) in [4.78, 5) is 11.3. The fourth-order valence-corrected chi connectivity index (χ4v) is 5.08. The summed E-state index contributed by atoms with van der Waals surface area (Å²) in [5, 5.41) is 16.2. The predicted octanol–water partition coefficient (Wildman–Crippen LogP) is 2.78. The minimum atomic E-state index is -0.725. The van der Waals surface area contributed by atoms with Crippen LogP contribution in [0.25, 0.3) is 5.78 Å². The molecular weight excluding hydrogens is 338 g/mol. The van der Waals surface area contributed by atoms with Gasteiger partial charge in [-0.2, -0.15) is 4.98 Å². The number of hydrogen-bond donors (Lipinski definition) is 1. The number of rotatable bonds is 3. The number of fused-ring (bicyclic) bond motifs is 2. The van der Waals surface area contributed by atoms with Gasteiger partial charge in [-0.15, -0.1) is 5.10 Å². The van der Waals surface area contributed by atoms with Crippen molar-refractivity contribution in [3.8, 4) is 0 Å². The van der Waals surface area contributed by atoms with E-state index in [2.05, 4.69) is 32.1 Å². The van der Waals surface area contributed by atoms with Crippen molar-refractivity contribution < 1.29 is 5.11 Å². The van der Waals surface area contributed by atoms with Gasteiger partial charge in [-0.3, -0.25) is 4.90 Å². The Bertz CT molecular complexity index is 893. The molecule has 27 heavy (non-hydrogen) atoms. The topological polar surface area (TPSA) is 66.5 Å². The highest BCUT2D eigenvalue weighted by Crippen LogP contribution is 2.47. The molecule has 1 N–H and O–H groups in total. The van der Waals surface area contributed by atoms with Crippen LogP contribution in [0.2, 0.25) is 0 Å². The van der Waals surface area contributed by atoms with Gasteiger partial charge in [0.15, 0.2) is 5.82 Å². The second-order valence-electron chi connectivity index (χ2n) is 7.86. The van der Waals surface area contributed by atoms with Gasteiger partial charge in [-0.1, -0.05) is 43.2 Å². The van der Waals surface area contributed by atoms with Gasteiger partial charge < -0.3 is 5.11 Å². The Morgan fingerprint density at radius 2 is 1.96 bits per heavy atom. The lowest BCUT2D eigenvalue weighted by Gasteiger charge is -2.52. The quantitative estimate of drug-likeness (QED) is 0.775. The first kappa shape index (κ1) is 16.8. The summed E-state index contributed by atoms with van der Waals surface area (Å²) in [7, 11) is 0. The lowest BCUT2D eigenvalue weighted by atomic mass is 9.66. The zero-order chi connectivity index (χ0) is 18.3. The molecule has 6 nitrogen and oxygen atoms in total. The second kappa shape index (κ2) is 6.69. The largest absolute Gasteiger partial charge is 0.385 e. The van der Waals surface area contributed by atoms with E-state index in [0.717, 1.165) is 43.7 Å². The van der Waals surface area contributed by atoms with Crippen LogP contribution in [0, 0.1) is 5.92 Å². The molecule has 2 aliphatic rings. The summed E-state index contributed by atoms with van der Waals surface area (Å²) in [6, 6.07) is 12.5. The lowest BCUT2D eigenvalue weighted by Crippen LogP contribution is -2.57. The molecule has 3 aromatic rings. The Labute approximate surface area is 158 Å². The average Bonchev–Trinajstić information content (AvgIpc) is 3.13. The molecule has 0 radical (unpaired) electrons. The van der Waals surface area contributed by atoms with E-state index in [1.165, 1.54) is 12.8 Å². The van der Waals surface area contributed by atoms with Gasteiger partial charge in [0.2, 0.25) is 0 Å². The van der Waals surface area contributed by atoms with Gasteiger partial charge in [0.1, 0.15) is 0 Å². The van der Waals surface area contributed by atoms with Crippen LogP contribution in [0.3, 0.4) is 0 Å². The first-order valence-electron chi connectivity index (χ1n) is 9.92. The zero-order valence-electron chi connectivity index (χ0n) is 15.4. The molecule has 1 aliphatic heterocycles. The van der Waals surface area contributed by atoms with Crippen molar-refractivity contribution in [1.82, 2.24) is 24.5 Å². The molecule has 5 rings (SSSR count). The van der Waals surface area contributed by atoms with E-state index in [4.69, 9.17) is 0 Å². The van der Waals surface area contributed by atoms with E-state index in [1.807, 2.05) is 30.5 Å². The minimum Gasteiger partial charge on any atom is -0.385 e. The maximum atomic E-state index is 11.7. The molecule has 2 fully saturated rings. The van der Waals surface area contributed by atoms with Crippen molar-refractivity contribution in [3.05, 3.63) is 60.2 Å². The molecular formula is C21H25N5O. The van der Waals surface area contributed by atoms with Crippen LogP contribution < -0.4 is 0 Å². The Morgan fingerprint density at radius 1 is 1.11 bits per heavy atom. The maximum Gasteiger partial charge on any atom is 0.252 e. The molecule has 1 saturated heterocycles. The van der Waals surface area contributed by atoms with Crippen LogP contribution in [-0.2, 0) is 12.1 Å². The van der Waals surface area contributed by atoms with Gasteiger partial charge in [0.25, 0.3) is 5.78 Å². The van der Waals surface area contributed by atoms with Crippen molar-refractivity contribution >= 4 is 5.78 Å². The Hall–Kier alpha value is -2.31. The van der Waals surface area contributed by atoms with Crippen LogP contribution in [0.15, 0.2) is 48.8 Å². The second-order valence-corrected chi connectivity index (χ2v) is 7.86. The number of benzene rings is 1. The summed E-state index contributed by atoms with van der Waals surface area (Å²) in [5.74, 6) is 1.71. The molecule has 3 atom stereocenters. The number of hydrogen-bond acceptors (Lipinski definition) is 5. The minimum absolute atomic E-state index is 0.262. The highest BCUT2D eigenvalue weighted by atomic mass is 16.3. The van der Waals surface area contributed by atoms with E-state index in [0.29, 0.717) is 11.8 Å². The van der Waals surface area contributed by atoms with Gasteiger partial charge in [-0.05, 0) is 30.9 Å². The average molecular weight is 363 g/mol. The zero-order valence-corrected chi connectivity index (χ0v) is 15.4. The summed E-state index contributed by atoms with van der Waals surface area (Å²) in [6.07, 6.45) is 9.00. The molecule has 0 bridgehead atoms. The first-order chi connectivity index (χ1) is 13.2. The third-order valence-electron chi connectivity index (χ3n) is 6.37. The van der Waals surface area contributed by atoms with Crippen LogP contribution in [-0.4, -0.2) is 42.2 Å². The Kier molecular flexibility index (Phi) is 4.17. The third kappa shape index (κ3) is 2.93. The van der Waals surface area contributed by atoms with Crippen LogP contribution >= 0.6 is 0 Å². The van der Waals surface area contributed by atoms with Crippen LogP contribution in [0.4, 0.5) is 0 Å². The summed E-state index contributed by atoms with van der Waals surface area (Å²) in [5.41, 5.74) is 0.341. The van der Waals surface area contributed by atoms with Gasteiger partial charge in [-0.25, -0.2) is 9.50 Å². The molecule has 1 aliphatic carbocycles. The number of likely N-dealkylation sites (tertiary alicyclic amines) is 1. The van der Waals surface area contributed by atoms with E-state index >= 15 is 0 Å². The van der Waals surface area contributed by atoms with Crippen molar-refractivity contribution in [3.63, 3.8) is 0 Å². The molecule has 0 amide bonds. The summed E-state index contributed by atoms with van der Waals surface area (Å²) in [6.45, 7) is 1.57. The van der Waals surface area contributed by atoms with Gasteiger partial charge >= 0.3 is 0 Å². The van der Waals surface area contributed by atoms with E-state index < -0.39 is 5.60 Å². The van der Waals surface area contributed by atoms with Gasteiger partial charge in [0.05, 0.1) is 12.1 Å². The van der Waals surface area contributed by atoms with Crippen molar-refractivity contribution in [2.45, 2.75) is 50.3 Å². The SMILES string of the molecule is O[C@@]1(c2ccccc2)CCN(Cc2nc3ncccn3n2)[C@@H]2CCCC[C@@H]21. The Balaban J connectivity index is 1.42. The fourth-order valence-electron chi connectivity index (χ4n) is 5.08. The maximum absolute atomic E-state index is 11.7. The van der Waals surface area contributed by atoms with E-state index in [9.17, 15) is 5.11 Å². The normalized spacial score (nSPS) is 28.9. The predicted molar refractivity (Wildman–Crippen MR) is 102 cm³/mol. The van der Waals surface area contributed by atoms with Crippen molar-refractivity contribution in [1.29, 1.82) is 0 Å². The lowest BCUT2D eigenvalue weighted by molar-refractivity contribution is -0.123. The monoisotopic (exact) mass is 363 g/mol. The highest BCUT2D eigenvalue weighted by molar-refractivity contribution is 5.27. The first-order valence-corrected chi connectivity index (χ1v) is 9.92. The molecule has 0 unspecified atom stereocenters. The summed E-state index contributed by atoms with van der Waals surface area (Å²) < 4.78 is 1.73. The highest BCUT2D eigenvalue weighted by Gasteiger charge is 2.49. The molecule has 0 spiro atoms. The van der Waals surface area contributed by atoms with Crippen molar-refractivity contribution in [2.75, 3.05) is 6.54 Å². The standard InChI is InChI=1S/C21H25N5O/c27-21(16-7-2-1-3-8-16)11-14-25(18-10-5-4-9-17(18)21)15-19-23-20-22-12-6-13-26(20)24-19/h1-3,6-8,12-13,17-18,27H,4-5,9-11,14-15H2/t17-,18+,21+/m0/s1. The number of aliphatic hydroxyl groups is 1. The molecule has 1 saturated carbocycles. The van der Waals surface area contributed by atoms with E-state index in [-0.39, 0.29) is 5.92 Å². The van der Waals surface area contributed by atoms with E-state index in [1.54, 1.807) is 10.7 Å². The smallest absolute Gasteiger partial charge is 0.252 e. The van der Waals surface area contributed by atoms with Crippen LogP contribution in [0.5, 0.6) is 0 Å². The number of piperidine rings is 1. The molecule has 3 heterocycles.